The average molecular weight is 421 g/mol. The number of carbonyl (C=O) groups is 3. The van der Waals surface area contributed by atoms with Crippen LogP contribution in [0.2, 0.25) is 0 Å². The van der Waals surface area contributed by atoms with Gasteiger partial charge in [-0.15, -0.1) is 0 Å². The van der Waals surface area contributed by atoms with Crippen LogP contribution in [0.1, 0.15) is 43.7 Å². The van der Waals surface area contributed by atoms with Gasteiger partial charge in [0.15, 0.2) is 0 Å². The molecule has 2 aromatic rings. The van der Waals surface area contributed by atoms with Gasteiger partial charge in [0.2, 0.25) is 0 Å². The number of rotatable bonds is 5. The monoisotopic (exact) mass is 420 g/mol. The molecular weight excluding hydrogens is 392 g/mol. The Balaban J connectivity index is 1.50. The third kappa shape index (κ3) is 4.00. The molecule has 4 rings (SSSR count). The van der Waals surface area contributed by atoms with E-state index in [1.807, 2.05) is 60.4 Å². The maximum absolute atomic E-state index is 13.2. The van der Waals surface area contributed by atoms with E-state index >= 15 is 0 Å². The number of fused-ring (bicyclic) bond motifs is 1. The molecule has 0 unspecified atom stereocenters. The van der Waals surface area contributed by atoms with Gasteiger partial charge in [0.05, 0.1) is 6.54 Å². The number of hydrogen-bond donors (Lipinski definition) is 2. The van der Waals surface area contributed by atoms with Gasteiger partial charge in [-0.3, -0.25) is 15.0 Å². The fourth-order valence-corrected chi connectivity index (χ4v) is 4.48. The summed E-state index contributed by atoms with van der Waals surface area (Å²) in [5.74, 6) is -0.855. The summed E-state index contributed by atoms with van der Waals surface area (Å²) in [5.41, 5.74) is 4.34. The van der Waals surface area contributed by atoms with Crippen molar-refractivity contribution in [1.82, 2.24) is 15.8 Å². The van der Waals surface area contributed by atoms with Gasteiger partial charge in [0, 0.05) is 12.2 Å². The van der Waals surface area contributed by atoms with E-state index < -0.39 is 17.5 Å². The first-order chi connectivity index (χ1) is 15.0. The highest BCUT2D eigenvalue weighted by Crippen LogP contribution is 2.31. The third-order valence-corrected chi connectivity index (χ3v) is 6.17. The minimum absolute atomic E-state index is 0.0819. The number of hydrazine groups is 1. The summed E-state index contributed by atoms with van der Waals surface area (Å²) < 4.78 is 0. The van der Waals surface area contributed by atoms with E-state index in [-0.39, 0.29) is 12.5 Å². The first-order valence-electron chi connectivity index (χ1n) is 10.9. The van der Waals surface area contributed by atoms with E-state index in [0.717, 1.165) is 42.9 Å². The van der Waals surface area contributed by atoms with E-state index in [0.29, 0.717) is 12.0 Å². The number of nitrogens with one attached hydrogen (secondary N) is 2. The predicted octanol–water partition coefficient (Wildman–Crippen LogP) is 3.11. The van der Waals surface area contributed by atoms with E-state index in [2.05, 4.69) is 16.8 Å². The lowest BCUT2D eigenvalue weighted by Crippen LogP contribution is -2.51. The second-order valence-electron chi connectivity index (χ2n) is 8.09. The van der Waals surface area contributed by atoms with Crippen LogP contribution in [0.15, 0.2) is 54.6 Å². The molecule has 2 N–H and O–H groups in total. The zero-order chi connectivity index (χ0) is 21.8. The van der Waals surface area contributed by atoms with Crippen LogP contribution in [0.4, 0.5) is 10.5 Å². The molecule has 2 aliphatic heterocycles. The van der Waals surface area contributed by atoms with Crippen molar-refractivity contribution in [3.63, 3.8) is 0 Å². The maximum Gasteiger partial charge on any atom is 0.344 e. The van der Waals surface area contributed by atoms with E-state index in [4.69, 9.17) is 0 Å². The minimum atomic E-state index is -1.17. The van der Waals surface area contributed by atoms with Crippen molar-refractivity contribution in [1.29, 1.82) is 0 Å². The molecule has 162 valence electrons. The van der Waals surface area contributed by atoms with Crippen molar-refractivity contribution in [3.05, 3.63) is 65.7 Å². The third-order valence-electron chi connectivity index (χ3n) is 6.17. The number of hydrogen-bond acceptors (Lipinski definition) is 4. The molecule has 1 fully saturated rings. The van der Waals surface area contributed by atoms with Gasteiger partial charge in [0.1, 0.15) is 5.54 Å². The fraction of sp³-hybridized carbons (Fsp3) is 0.375. The lowest BCUT2D eigenvalue weighted by molar-refractivity contribution is -0.139. The zero-order valence-electron chi connectivity index (χ0n) is 17.8. The molecule has 2 aliphatic rings. The second kappa shape index (κ2) is 8.79. The van der Waals surface area contributed by atoms with Crippen molar-refractivity contribution in [2.24, 2.45) is 0 Å². The minimum Gasteiger partial charge on any atom is -0.362 e. The van der Waals surface area contributed by atoms with Gasteiger partial charge < -0.3 is 10.2 Å². The van der Waals surface area contributed by atoms with Crippen LogP contribution in [-0.2, 0) is 21.5 Å². The van der Waals surface area contributed by atoms with Crippen molar-refractivity contribution in [3.8, 4) is 0 Å². The predicted molar refractivity (Wildman–Crippen MR) is 118 cm³/mol. The number of aryl methyl sites for hydroxylation is 1. The van der Waals surface area contributed by atoms with Crippen LogP contribution in [0.5, 0.6) is 0 Å². The van der Waals surface area contributed by atoms with Gasteiger partial charge >= 0.3 is 6.03 Å². The second-order valence-corrected chi connectivity index (χ2v) is 8.09. The summed E-state index contributed by atoms with van der Waals surface area (Å²) in [6.45, 7) is 2.68. The lowest BCUT2D eigenvalue weighted by atomic mass is 9.87. The Labute approximate surface area is 182 Å². The Bertz CT molecular complexity index is 978. The topological polar surface area (TPSA) is 81.8 Å². The number of imide groups is 1. The summed E-state index contributed by atoms with van der Waals surface area (Å²) in [6, 6.07) is 16.6. The van der Waals surface area contributed by atoms with Crippen molar-refractivity contribution >= 4 is 23.5 Å². The zero-order valence-corrected chi connectivity index (χ0v) is 17.8. The Hall–Kier alpha value is -3.35. The Kier molecular flexibility index (Phi) is 5.93. The number of para-hydroxylation sites is 1. The van der Waals surface area contributed by atoms with Gasteiger partial charge in [-0.1, -0.05) is 61.9 Å². The van der Waals surface area contributed by atoms with E-state index in [1.165, 1.54) is 5.56 Å². The molecule has 7 nitrogen and oxygen atoms in total. The highest BCUT2D eigenvalue weighted by atomic mass is 16.2. The van der Waals surface area contributed by atoms with Crippen LogP contribution < -0.4 is 15.6 Å². The summed E-state index contributed by atoms with van der Waals surface area (Å²) in [7, 11) is 0. The molecule has 4 amide bonds. The molecular formula is C24H28N4O3. The number of nitrogens with zero attached hydrogens (tertiary/aromatic N) is 2. The first kappa shape index (κ1) is 20.9. The van der Waals surface area contributed by atoms with Gasteiger partial charge in [-0.05, 0) is 42.9 Å². The molecule has 2 aromatic carbocycles. The Morgan fingerprint density at radius 1 is 1.03 bits per heavy atom. The van der Waals surface area contributed by atoms with Crippen molar-refractivity contribution in [2.45, 2.75) is 44.6 Å². The largest absolute Gasteiger partial charge is 0.362 e. The van der Waals surface area contributed by atoms with Crippen molar-refractivity contribution < 1.29 is 14.4 Å². The van der Waals surface area contributed by atoms with Gasteiger partial charge in [-0.2, -0.15) is 5.01 Å². The summed E-state index contributed by atoms with van der Waals surface area (Å²) in [4.78, 5) is 40.7. The smallest absolute Gasteiger partial charge is 0.344 e. The number of carbonyl (C=O) groups excluding carboxylic acids is 3. The van der Waals surface area contributed by atoms with Crippen LogP contribution in [0.3, 0.4) is 0 Å². The Morgan fingerprint density at radius 3 is 2.55 bits per heavy atom. The quantitative estimate of drug-likeness (QED) is 0.729. The first-order valence-corrected chi connectivity index (χ1v) is 10.9. The SMILES string of the molecule is CC[C@@]1(c2ccccc2)NC(=O)N(NC(=O)CN2CCCCCc3ccccc32)C1=O. The molecule has 31 heavy (non-hydrogen) atoms. The molecule has 0 spiro atoms. The molecule has 0 bridgehead atoms. The van der Waals surface area contributed by atoms with E-state index in [1.54, 1.807) is 0 Å². The molecule has 2 heterocycles. The summed E-state index contributed by atoms with van der Waals surface area (Å²) in [6.07, 6.45) is 4.61. The van der Waals surface area contributed by atoms with Gasteiger partial charge in [0.25, 0.3) is 11.8 Å². The number of benzene rings is 2. The number of urea groups is 1. The average Bonchev–Trinajstić information content (AvgIpc) is 3.02. The standard InChI is InChI=1S/C24H28N4O3/c1-2-24(19-13-6-3-7-14-19)22(30)28(23(31)25-24)26-21(29)17-27-16-10-4-5-11-18-12-8-9-15-20(18)27/h3,6-9,12-15H,2,4-5,10-11,16-17H2,1H3,(H,25,31)(H,26,29)/t24-/m0/s1. The van der Waals surface area contributed by atoms with Gasteiger partial charge in [-0.25, -0.2) is 4.79 Å². The molecule has 0 radical (unpaired) electrons. The normalized spacial score (nSPS) is 21.2. The van der Waals surface area contributed by atoms with E-state index in [9.17, 15) is 14.4 Å². The fourth-order valence-electron chi connectivity index (χ4n) is 4.48. The van der Waals surface area contributed by atoms with Crippen LogP contribution in [-0.4, -0.2) is 35.9 Å². The van der Waals surface area contributed by atoms with Crippen LogP contribution in [0, 0.1) is 0 Å². The summed E-state index contributed by atoms with van der Waals surface area (Å²) in [5, 5.41) is 3.61. The van der Waals surface area contributed by atoms with Crippen LogP contribution in [0.25, 0.3) is 0 Å². The lowest BCUT2D eigenvalue weighted by Gasteiger charge is -2.29. The van der Waals surface area contributed by atoms with Crippen molar-refractivity contribution in [2.75, 3.05) is 18.0 Å². The molecule has 7 heteroatoms. The highest BCUT2D eigenvalue weighted by Gasteiger charge is 2.52. The number of anilines is 1. The van der Waals surface area contributed by atoms with Crippen LogP contribution >= 0.6 is 0 Å². The molecule has 0 saturated carbocycles. The molecule has 0 aromatic heterocycles. The highest BCUT2D eigenvalue weighted by molar-refractivity contribution is 6.08. The molecule has 1 saturated heterocycles. The number of amides is 4. The Morgan fingerprint density at radius 2 is 1.77 bits per heavy atom. The molecule has 0 aliphatic carbocycles. The summed E-state index contributed by atoms with van der Waals surface area (Å²) >= 11 is 0. The molecule has 1 atom stereocenters. The maximum atomic E-state index is 13.2.